The number of nitrogens with one attached hydrogen (secondary N) is 1. The fourth-order valence-corrected chi connectivity index (χ4v) is 1.50. The van der Waals surface area contributed by atoms with Crippen molar-refractivity contribution < 1.29 is 24.2 Å². The highest BCUT2D eigenvalue weighted by atomic mass is 79.9. The molecule has 2 N–H and O–H groups in total. The first-order valence-electron chi connectivity index (χ1n) is 5.68. The van der Waals surface area contributed by atoms with Gasteiger partial charge in [0.2, 0.25) is 5.91 Å². The van der Waals surface area contributed by atoms with Gasteiger partial charge in [-0.15, -0.1) is 0 Å². The normalized spacial score (nSPS) is 10.7. The van der Waals surface area contributed by atoms with Gasteiger partial charge >= 0.3 is 12.1 Å². The van der Waals surface area contributed by atoms with E-state index >= 15 is 0 Å². The molecule has 2 amide bonds. The number of hydrogen-bond donors (Lipinski definition) is 2. The number of carboxylic acids is 1. The first-order valence-corrected chi connectivity index (χ1v) is 6.80. The summed E-state index contributed by atoms with van der Waals surface area (Å²) in [6, 6.07) is 0. The van der Waals surface area contributed by atoms with Gasteiger partial charge in [0, 0.05) is 13.1 Å². The molecule has 0 spiro atoms. The number of nitrogens with zero attached hydrogens (tertiary/aromatic N) is 1. The van der Waals surface area contributed by atoms with Crippen molar-refractivity contribution in [2.24, 2.45) is 0 Å². The van der Waals surface area contributed by atoms with E-state index in [-0.39, 0.29) is 24.3 Å². The molecular formula is C11H19BrN2O5. The number of carboxylic acid groups (broad SMARTS) is 1. The lowest BCUT2D eigenvalue weighted by molar-refractivity contribution is -0.143. The molecular weight excluding hydrogens is 320 g/mol. The van der Waals surface area contributed by atoms with Crippen molar-refractivity contribution in [1.82, 2.24) is 10.2 Å². The Morgan fingerprint density at radius 2 is 1.89 bits per heavy atom. The summed E-state index contributed by atoms with van der Waals surface area (Å²) in [6.45, 7) is 5.03. The van der Waals surface area contributed by atoms with Crippen LogP contribution in [-0.2, 0) is 14.3 Å². The van der Waals surface area contributed by atoms with Crippen LogP contribution in [0, 0.1) is 0 Å². The molecule has 0 aliphatic carbocycles. The third-order valence-corrected chi connectivity index (χ3v) is 2.32. The second-order valence-electron chi connectivity index (χ2n) is 4.77. The van der Waals surface area contributed by atoms with Gasteiger partial charge in [-0.05, 0) is 20.8 Å². The molecule has 19 heavy (non-hydrogen) atoms. The quantitative estimate of drug-likeness (QED) is 0.699. The van der Waals surface area contributed by atoms with E-state index < -0.39 is 24.2 Å². The lowest BCUT2D eigenvalue weighted by Crippen LogP contribution is -2.42. The van der Waals surface area contributed by atoms with Crippen LogP contribution < -0.4 is 5.32 Å². The lowest BCUT2D eigenvalue weighted by Gasteiger charge is -2.22. The third kappa shape index (κ3) is 9.29. The van der Waals surface area contributed by atoms with Crippen molar-refractivity contribution >= 4 is 33.9 Å². The predicted molar refractivity (Wildman–Crippen MR) is 72.2 cm³/mol. The number of ether oxygens (including phenoxy) is 1. The molecule has 0 aromatic carbocycles. The summed E-state index contributed by atoms with van der Waals surface area (Å²) in [4.78, 5) is 34.5. The molecule has 0 radical (unpaired) electrons. The van der Waals surface area contributed by atoms with E-state index in [1.807, 2.05) is 0 Å². The summed E-state index contributed by atoms with van der Waals surface area (Å²) in [6.07, 6.45) is -0.603. The van der Waals surface area contributed by atoms with Gasteiger partial charge in [0.25, 0.3) is 0 Å². The van der Waals surface area contributed by atoms with E-state index in [1.165, 1.54) is 0 Å². The van der Waals surface area contributed by atoms with Gasteiger partial charge in [-0.1, -0.05) is 15.9 Å². The highest BCUT2D eigenvalue weighted by Crippen LogP contribution is 2.06. The van der Waals surface area contributed by atoms with Crippen LogP contribution in [-0.4, -0.2) is 58.5 Å². The van der Waals surface area contributed by atoms with Crippen LogP contribution in [0.1, 0.15) is 20.8 Å². The fourth-order valence-electron chi connectivity index (χ4n) is 1.15. The van der Waals surface area contributed by atoms with Crippen molar-refractivity contribution in [3.63, 3.8) is 0 Å². The number of alkyl carbamates (subject to hydrolysis) is 1. The first kappa shape index (κ1) is 17.7. The van der Waals surface area contributed by atoms with Gasteiger partial charge in [-0.3, -0.25) is 9.59 Å². The molecule has 0 bridgehead atoms. The second kappa shape index (κ2) is 7.98. The Balaban J connectivity index is 4.16. The maximum absolute atomic E-state index is 11.4. The Labute approximate surface area is 120 Å². The Bertz CT molecular complexity index is 340. The first-order chi connectivity index (χ1) is 8.65. The molecule has 0 aromatic heterocycles. The van der Waals surface area contributed by atoms with Crippen LogP contribution in [0.25, 0.3) is 0 Å². The van der Waals surface area contributed by atoms with Crippen LogP contribution >= 0.6 is 15.9 Å². The van der Waals surface area contributed by atoms with Crippen molar-refractivity contribution in [1.29, 1.82) is 0 Å². The molecule has 0 saturated carbocycles. The van der Waals surface area contributed by atoms with E-state index in [1.54, 1.807) is 20.8 Å². The summed E-state index contributed by atoms with van der Waals surface area (Å²) in [5, 5.41) is 11.2. The van der Waals surface area contributed by atoms with E-state index in [4.69, 9.17) is 9.84 Å². The smallest absolute Gasteiger partial charge is 0.407 e. The average Bonchev–Trinajstić information content (AvgIpc) is 2.23. The summed E-state index contributed by atoms with van der Waals surface area (Å²) in [7, 11) is 0. The third-order valence-electron chi connectivity index (χ3n) is 1.84. The molecule has 110 valence electrons. The van der Waals surface area contributed by atoms with Gasteiger partial charge in [-0.2, -0.15) is 0 Å². The molecule has 0 heterocycles. The van der Waals surface area contributed by atoms with E-state index in [9.17, 15) is 14.4 Å². The highest BCUT2D eigenvalue weighted by molar-refractivity contribution is 9.09. The largest absolute Gasteiger partial charge is 0.480 e. The zero-order valence-electron chi connectivity index (χ0n) is 11.2. The highest BCUT2D eigenvalue weighted by Gasteiger charge is 2.18. The Kier molecular flexibility index (Phi) is 7.43. The van der Waals surface area contributed by atoms with Gasteiger partial charge in [0.15, 0.2) is 0 Å². The number of aliphatic carboxylic acids is 1. The Hall–Kier alpha value is -1.31. The average molecular weight is 339 g/mol. The van der Waals surface area contributed by atoms with Crippen molar-refractivity contribution in [2.75, 3.05) is 25.0 Å². The van der Waals surface area contributed by atoms with Crippen LogP contribution in [0.3, 0.4) is 0 Å². The molecule has 0 fully saturated rings. The van der Waals surface area contributed by atoms with E-state index in [2.05, 4.69) is 21.2 Å². The number of amides is 2. The Morgan fingerprint density at radius 1 is 1.32 bits per heavy atom. The summed E-state index contributed by atoms with van der Waals surface area (Å²) in [5.41, 5.74) is -0.601. The molecule has 0 aromatic rings. The summed E-state index contributed by atoms with van der Waals surface area (Å²) < 4.78 is 5.01. The molecule has 8 heteroatoms. The number of carbonyl (C=O) groups excluding carboxylic acids is 2. The van der Waals surface area contributed by atoms with E-state index in [0.29, 0.717) is 0 Å². The minimum absolute atomic E-state index is 0.0344. The van der Waals surface area contributed by atoms with Crippen LogP contribution in [0.5, 0.6) is 0 Å². The fraction of sp³-hybridized carbons (Fsp3) is 0.727. The Morgan fingerprint density at radius 3 is 2.32 bits per heavy atom. The molecule has 0 unspecified atom stereocenters. The van der Waals surface area contributed by atoms with Gasteiger partial charge in [0.1, 0.15) is 12.1 Å². The number of hydrogen-bond acceptors (Lipinski definition) is 4. The standard InChI is InChI=1S/C11H19BrN2O5/c1-11(2,3)19-10(18)13-4-5-14(7-9(16)17)8(15)6-12/h4-7H2,1-3H3,(H,13,18)(H,16,17). The lowest BCUT2D eigenvalue weighted by atomic mass is 10.2. The zero-order valence-corrected chi connectivity index (χ0v) is 12.8. The van der Waals surface area contributed by atoms with E-state index in [0.717, 1.165) is 4.90 Å². The summed E-state index contributed by atoms with van der Waals surface area (Å²) in [5.74, 6) is -1.46. The van der Waals surface area contributed by atoms with Crippen molar-refractivity contribution in [3.05, 3.63) is 0 Å². The molecule has 7 nitrogen and oxygen atoms in total. The van der Waals surface area contributed by atoms with Crippen LogP contribution in [0.15, 0.2) is 0 Å². The van der Waals surface area contributed by atoms with Crippen LogP contribution in [0.2, 0.25) is 0 Å². The molecule has 0 aliphatic heterocycles. The molecule has 0 rings (SSSR count). The van der Waals surface area contributed by atoms with Crippen molar-refractivity contribution in [2.45, 2.75) is 26.4 Å². The monoisotopic (exact) mass is 338 g/mol. The van der Waals surface area contributed by atoms with Gasteiger partial charge in [0.05, 0.1) is 5.33 Å². The predicted octanol–water partition coefficient (Wildman–Crippen LogP) is 0.819. The maximum Gasteiger partial charge on any atom is 0.407 e. The molecule has 0 aliphatic rings. The molecule has 0 saturated heterocycles. The second-order valence-corrected chi connectivity index (χ2v) is 5.33. The minimum Gasteiger partial charge on any atom is -0.480 e. The van der Waals surface area contributed by atoms with Crippen LogP contribution in [0.4, 0.5) is 4.79 Å². The minimum atomic E-state index is -1.11. The van der Waals surface area contributed by atoms with Crippen molar-refractivity contribution in [3.8, 4) is 0 Å². The topological polar surface area (TPSA) is 95.9 Å². The number of carbonyl (C=O) groups is 3. The number of rotatable bonds is 6. The maximum atomic E-state index is 11.4. The SMILES string of the molecule is CC(C)(C)OC(=O)NCCN(CC(=O)O)C(=O)CBr. The van der Waals surface area contributed by atoms with Gasteiger partial charge in [-0.25, -0.2) is 4.79 Å². The summed E-state index contributed by atoms with van der Waals surface area (Å²) >= 11 is 2.97. The zero-order chi connectivity index (χ0) is 15.1. The van der Waals surface area contributed by atoms with Gasteiger partial charge < -0.3 is 20.1 Å². The number of halogens is 1. The number of alkyl halides is 1. The molecule has 0 atom stereocenters.